The maximum atomic E-state index is 5.73. The number of hydrogen-bond acceptors (Lipinski definition) is 2. The molecule has 1 aromatic rings. The first kappa shape index (κ1) is 11.6. The highest BCUT2D eigenvalue weighted by Crippen LogP contribution is 2.32. The summed E-state index contributed by atoms with van der Waals surface area (Å²) in [6, 6.07) is 2.22. The molecular weight excluding hydrogens is 272 g/mol. The summed E-state index contributed by atoms with van der Waals surface area (Å²) in [5.74, 6) is 0.690. The lowest BCUT2D eigenvalue weighted by Crippen LogP contribution is -2.25. The fourth-order valence-corrected chi connectivity index (χ4v) is 3.94. The van der Waals surface area contributed by atoms with Gasteiger partial charge in [-0.15, -0.1) is 0 Å². The topological polar surface area (TPSA) is 9.23 Å². The molecule has 0 amide bonds. The maximum Gasteiger partial charge on any atom is 0.0612 e. The van der Waals surface area contributed by atoms with Crippen LogP contribution >= 0.6 is 27.3 Å². The molecule has 0 spiro atoms. The van der Waals surface area contributed by atoms with Crippen molar-refractivity contribution in [2.24, 2.45) is 5.92 Å². The molecule has 1 fully saturated rings. The Labute approximate surface area is 104 Å². The highest BCUT2D eigenvalue weighted by atomic mass is 79.9. The zero-order chi connectivity index (χ0) is 10.7. The second kappa shape index (κ2) is 5.46. The lowest BCUT2D eigenvalue weighted by molar-refractivity contribution is 0.0873. The van der Waals surface area contributed by atoms with Gasteiger partial charge in [0.1, 0.15) is 0 Å². The molecule has 0 saturated carbocycles. The van der Waals surface area contributed by atoms with Gasteiger partial charge in [0, 0.05) is 17.4 Å². The smallest absolute Gasteiger partial charge is 0.0612 e. The molecule has 3 atom stereocenters. The van der Waals surface area contributed by atoms with Crippen LogP contribution in [0.25, 0.3) is 0 Å². The van der Waals surface area contributed by atoms with E-state index in [1.54, 1.807) is 11.3 Å². The first-order valence-corrected chi connectivity index (χ1v) is 7.44. The summed E-state index contributed by atoms with van der Waals surface area (Å²) >= 11 is 5.61. The molecule has 2 rings (SSSR count). The van der Waals surface area contributed by atoms with E-state index in [1.165, 1.54) is 12.0 Å². The van der Waals surface area contributed by atoms with Crippen molar-refractivity contribution in [2.45, 2.75) is 37.1 Å². The third-order valence-corrected chi connectivity index (χ3v) is 4.87. The van der Waals surface area contributed by atoms with Crippen LogP contribution in [-0.4, -0.2) is 17.5 Å². The van der Waals surface area contributed by atoms with Crippen molar-refractivity contribution in [1.82, 2.24) is 0 Å². The fraction of sp³-hybridized carbons (Fsp3) is 0.667. The molecule has 0 aliphatic carbocycles. The Bertz CT molecular complexity index is 286. The summed E-state index contributed by atoms with van der Waals surface area (Å²) in [6.07, 6.45) is 3.94. The largest absolute Gasteiger partial charge is 0.378 e. The van der Waals surface area contributed by atoms with Gasteiger partial charge in [0.15, 0.2) is 0 Å². The Morgan fingerprint density at radius 1 is 1.67 bits per heavy atom. The van der Waals surface area contributed by atoms with Gasteiger partial charge >= 0.3 is 0 Å². The molecule has 1 aliphatic rings. The molecule has 3 heteroatoms. The number of rotatable bonds is 4. The number of thiophene rings is 1. The van der Waals surface area contributed by atoms with E-state index in [0.29, 0.717) is 16.8 Å². The van der Waals surface area contributed by atoms with Crippen LogP contribution in [0, 0.1) is 5.92 Å². The van der Waals surface area contributed by atoms with E-state index in [2.05, 4.69) is 39.7 Å². The minimum Gasteiger partial charge on any atom is -0.378 e. The van der Waals surface area contributed by atoms with E-state index >= 15 is 0 Å². The van der Waals surface area contributed by atoms with Crippen LogP contribution in [0.3, 0.4) is 0 Å². The van der Waals surface area contributed by atoms with Crippen molar-refractivity contribution in [2.75, 3.05) is 6.61 Å². The second-order valence-corrected chi connectivity index (χ2v) is 6.08. The standard InChI is InChI=1S/C12H17BrOS/c1-2-12-10(3-5-14-12)11(13)7-9-4-6-15-8-9/h4,6,8,10-12H,2-3,5,7H2,1H3. The van der Waals surface area contributed by atoms with Crippen LogP contribution in [0.1, 0.15) is 25.3 Å². The third-order valence-electron chi connectivity index (χ3n) is 3.14. The zero-order valence-corrected chi connectivity index (χ0v) is 11.4. The number of ether oxygens (including phenoxy) is 1. The van der Waals surface area contributed by atoms with Gasteiger partial charge in [-0.25, -0.2) is 0 Å². The summed E-state index contributed by atoms with van der Waals surface area (Å²) in [5.41, 5.74) is 1.45. The summed E-state index contributed by atoms with van der Waals surface area (Å²) in [7, 11) is 0. The summed E-state index contributed by atoms with van der Waals surface area (Å²) < 4.78 is 5.73. The highest BCUT2D eigenvalue weighted by Gasteiger charge is 2.32. The first-order valence-electron chi connectivity index (χ1n) is 5.58. The molecule has 3 unspecified atom stereocenters. The number of hydrogen-bond donors (Lipinski definition) is 0. The van der Waals surface area contributed by atoms with Crippen molar-refractivity contribution in [3.05, 3.63) is 22.4 Å². The molecule has 2 heterocycles. The molecule has 15 heavy (non-hydrogen) atoms. The number of halogens is 1. The maximum absolute atomic E-state index is 5.73. The quantitative estimate of drug-likeness (QED) is 0.765. The van der Waals surface area contributed by atoms with E-state index in [-0.39, 0.29) is 0 Å². The van der Waals surface area contributed by atoms with Crippen molar-refractivity contribution in [1.29, 1.82) is 0 Å². The van der Waals surface area contributed by atoms with Crippen molar-refractivity contribution >= 4 is 27.3 Å². The van der Waals surface area contributed by atoms with Crippen LogP contribution in [0.2, 0.25) is 0 Å². The fourth-order valence-electron chi connectivity index (χ4n) is 2.28. The monoisotopic (exact) mass is 288 g/mol. The molecule has 84 valence electrons. The summed E-state index contributed by atoms with van der Waals surface area (Å²) in [4.78, 5) is 0.569. The molecule has 0 N–H and O–H groups in total. The van der Waals surface area contributed by atoms with Gasteiger partial charge in [-0.3, -0.25) is 0 Å². The Balaban J connectivity index is 1.92. The predicted molar refractivity (Wildman–Crippen MR) is 68.9 cm³/mol. The lowest BCUT2D eigenvalue weighted by Gasteiger charge is -2.22. The third kappa shape index (κ3) is 2.83. The molecule has 1 saturated heterocycles. The highest BCUT2D eigenvalue weighted by molar-refractivity contribution is 9.09. The van der Waals surface area contributed by atoms with Gasteiger partial charge in [-0.2, -0.15) is 11.3 Å². The van der Waals surface area contributed by atoms with Crippen LogP contribution < -0.4 is 0 Å². The Kier molecular flexibility index (Phi) is 4.23. The first-order chi connectivity index (χ1) is 7.31. The zero-order valence-electron chi connectivity index (χ0n) is 8.99. The molecule has 0 bridgehead atoms. The van der Waals surface area contributed by atoms with Gasteiger partial charge in [-0.05, 0) is 41.7 Å². The molecule has 0 radical (unpaired) electrons. The summed E-state index contributed by atoms with van der Waals surface area (Å²) in [5, 5.41) is 4.39. The van der Waals surface area contributed by atoms with E-state index < -0.39 is 0 Å². The average molecular weight is 289 g/mol. The molecule has 0 aromatic carbocycles. The van der Waals surface area contributed by atoms with Crippen LogP contribution in [0.4, 0.5) is 0 Å². The normalized spacial score (nSPS) is 28.1. The molecule has 1 aliphatic heterocycles. The van der Waals surface area contributed by atoms with Gasteiger partial charge < -0.3 is 4.74 Å². The minimum absolute atomic E-state index is 0.466. The van der Waals surface area contributed by atoms with Gasteiger partial charge in [0.25, 0.3) is 0 Å². The van der Waals surface area contributed by atoms with Gasteiger partial charge in [0.2, 0.25) is 0 Å². The average Bonchev–Trinajstić information content (AvgIpc) is 2.86. The van der Waals surface area contributed by atoms with E-state index in [9.17, 15) is 0 Å². The second-order valence-electron chi connectivity index (χ2n) is 4.12. The van der Waals surface area contributed by atoms with E-state index in [1.807, 2.05) is 0 Å². The summed E-state index contributed by atoms with van der Waals surface area (Å²) in [6.45, 7) is 3.15. The number of alkyl halides is 1. The Morgan fingerprint density at radius 2 is 2.53 bits per heavy atom. The van der Waals surface area contributed by atoms with E-state index in [4.69, 9.17) is 4.74 Å². The van der Waals surface area contributed by atoms with Crippen molar-refractivity contribution in [3.63, 3.8) is 0 Å². The van der Waals surface area contributed by atoms with Crippen LogP contribution in [0.15, 0.2) is 16.8 Å². The van der Waals surface area contributed by atoms with Gasteiger partial charge in [-0.1, -0.05) is 22.9 Å². The van der Waals surface area contributed by atoms with Crippen LogP contribution in [-0.2, 0) is 11.2 Å². The Morgan fingerprint density at radius 3 is 3.20 bits per heavy atom. The lowest BCUT2D eigenvalue weighted by atomic mass is 9.93. The van der Waals surface area contributed by atoms with E-state index in [0.717, 1.165) is 19.4 Å². The van der Waals surface area contributed by atoms with Crippen molar-refractivity contribution < 1.29 is 4.74 Å². The predicted octanol–water partition coefficient (Wildman–Crippen LogP) is 3.87. The van der Waals surface area contributed by atoms with Gasteiger partial charge in [0.05, 0.1) is 6.10 Å². The Hall–Kier alpha value is 0.140. The van der Waals surface area contributed by atoms with Crippen LogP contribution in [0.5, 0.6) is 0 Å². The minimum atomic E-state index is 0.466. The molecule has 1 nitrogen and oxygen atoms in total. The van der Waals surface area contributed by atoms with Crippen molar-refractivity contribution in [3.8, 4) is 0 Å². The molecule has 1 aromatic heterocycles. The molecular formula is C12H17BrOS. The SMILES string of the molecule is CCC1OCCC1C(Br)Cc1ccsc1.